The fourth-order valence-corrected chi connectivity index (χ4v) is 3.49. The highest BCUT2D eigenvalue weighted by Crippen LogP contribution is 2.29. The molecule has 180 valence electrons. The zero-order valence-electron chi connectivity index (χ0n) is 19.1. The SMILES string of the molecule is COc1ccc(OC)c(C(C)NC(=NCc2ccc([N+](=O)[O-])cc2)NCC2CCOC2)c1.I. The van der Waals surface area contributed by atoms with E-state index in [1.807, 2.05) is 25.1 Å². The van der Waals surface area contributed by atoms with E-state index in [2.05, 4.69) is 10.6 Å². The maximum atomic E-state index is 10.9. The van der Waals surface area contributed by atoms with Crippen molar-refractivity contribution in [1.82, 2.24) is 10.6 Å². The van der Waals surface area contributed by atoms with Crippen molar-refractivity contribution in [2.45, 2.75) is 25.9 Å². The Morgan fingerprint density at radius 3 is 2.61 bits per heavy atom. The zero-order valence-corrected chi connectivity index (χ0v) is 21.4. The lowest BCUT2D eigenvalue weighted by atomic mass is 10.1. The number of guanidine groups is 1. The van der Waals surface area contributed by atoms with E-state index in [-0.39, 0.29) is 35.7 Å². The van der Waals surface area contributed by atoms with Crippen molar-refractivity contribution in [1.29, 1.82) is 0 Å². The van der Waals surface area contributed by atoms with Crippen molar-refractivity contribution in [3.05, 3.63) is 63.7 Å². The number of aliphatic imine (C=N–C) groups is 1. The van der Waals surface area contributed by atoms with Crippen molar-refractivity contribution in [3.8, 4) is 11.5 Å². The van der Waals surface area contributed by atoms with Crippen LogP contribution in [0, 0.1) is 16.0 Å². The summed E-state index contributed by atoms with van der Waals surface area (Å²) in [6.45, 7) is 4.68. The number of rotatable bonds is 9. The van der Waals surface area contributed by atoms with Crippen molar-refractivity contribution in [2.24, 2.45) is 10.9 Å². The molecule has 1 saturated heterocycles. The lowest BCUT2D eigenvalue weighted by Crippen LogP contribution is -2.41. The third-order valence-electron chi connectivity index (χ3n) is 5.41. The molecule has 0 bridgehead atoms. The summed E-state index contributed by atoms with van der Waals surface area (Å²) in [7, 11) is 3.27. The van der Waals surface area contributed by atoms with Gasteiger partial charge in [0.1, 0.15) is 11.5 Å². The molecule has 2 N–H and O–H groups in total. The number of ether oxygens (including phenoxy) is 3. The second kappa shape index (κ2) is 13.2. The Kier molecular flexibility index (Phi) is 10.7. The van der Waals surface area contributed by atoms with Crippen LogP contribution < -0.4 is 20.1 Å². The van der Waals surface area contributed by atoms with Crippen molar-refractivity contribution in [3.63, 3.8) is 0 Å². The molecule has 0 radical (unpaired) electrons. The number of methoxy groups -OCH3 is 2. The van der Waals surface area contributed by atoms with E-state index in [9.17, 15) is 10.1 Å². The Labute approximate surface area is 211 Å². The molecular formula is C23H31IN4O5. The number of nitro benzene ring substituents is 1. The Balaban J connectivity index is 0.00000385. The number of nitrogens with zero attached hydrogens (tertiary/aromatic N) is 2. The van der Waals surface area contributed by atoms with Crippen LogP contribution in [0.3, 0.4) is 0 Å². The molecule has 9 nitrogen and oxygen atoms in total. The molecule has 2 aromatic rings. The number of hydrogen-bond donors (Lipinski definition) is 2. The lowest BCUT2D eigenvalue weighted by Gasteiger charge is -2.22. The van der Waals surface area contributed by atoms with E-state index in [1.165, 1.54) is 12.1 Å². The van der Waals surface area contributed by atoms with Crippen LogP contribution in [-0.2, 0) is 11.3 Å². The first kappa shape index (κ1) is 26.7. The summed E-state index contributed by atoms with van der Waals surface area (Å²) in [5.41, 5.74) is 1.89. The summed E-state index contributed by atoms with van der Waals surface area (Å²) in [4.78, 5) is 15.2. The highest BCUT2D eigenvalue weighted by Gasteiger charge is 2.18. The van der Waals surface area contributed by atoms with Gasteiger partial charge in [-0.2, -0.15) is 0 Å². The van der Waals surface area contributed by atoms with Gasteiger partial charge in [-0.15, -0.1) is 24.0 Å². The van der Waals surface area contributed by atoms with E-state index in [1.54, 1.807) is 26.4 Å². The molecule has 2 atom stereocenters. The Bertz CT molecular complexity index is 933. The van der Waals surface area contributed by atoms with Crippen LogP contribution >= 0.6 is 24.0 Å². The third kappa shape index (κ3) is 7.74. The van der Waals surface area contributed by atoms with Gasteiger partial charge in [0.2, 0.25) is 0 Å². The molecule has 1 aliphatic rings. The number of halogens is 1. The van der Waals surface area contributed by atoms with Gasteiger partial charge in [0.05, 0.1) is 38.3 Å². The maximum absolute atomic E-state index is 10.9. The van der Waals surface area contributed by atoms with Gasteiger partial charge in [-0.1, -0.05) is 12.1 Å². The van der Waals surface area contributed by atoms with Gasteiger partial charge >= 0.3 is 0 Å². The minimum absolute atomic E-state index is 0. The number of nitro groups is 1. The molecule has 1 heterocycles. The topological polar surface area (TPSA) is 107 Å². The second-order valence-electron chi connectivity index (χ2n) is 7.67. The van der Waals surface area contributed by atoms with E-state index in [0.717, 1.165) is 48.8 Å². The van der Waals surface area contributed by atoms with Gasteiger partial charge in [0.15, 0.2) is 5.96 Å². The Morgan fingerprint density at radius 2 is 2.00 bits per heavy atom. The van der Waals surface area contributed by atoms with Crippen LogP contribution in [0.15, 0.2) is 47.5 Å². The third-order valence-corrected chi connectivity index (χ3v) is 5.41. The molecule has 0 amide bonds. The van der Waals surface area contributed by atoms with E-state index < -0.39 is 4.92 Å². The summed E-state index contributed by atoms with van der Waals surface area (Å²) < 4.78 is 16.4. The predicted octanol–water partition coefficient (Wildman–Crippen LogP) is 4.06. The lowest BCUT2D eigenvalue weighted by molar-refractivity contribution is -0.384. The second-order valence-corrected chi connectivity index (χ2v) is 7.67. The van der Waals surface area contributed by atoms with E-state index >= 15 is 0 Å². The quantitative estimate of drug-likeness (QED) is 0.154. The first-order chi connectivity index (χ1) is 15.5. The summed E-state index contributed by atoms with van der Waals surface area (Å²) in [5.74, 6) is 2.58. The Hall–Kier alpha value is -2.60. The first-order valence-corrected chi connectivity index (χ1v) is 10.6. The molecule has 1 aliphatic heterocycles. The molecule has 10 heteroatoms. The van der Waals surface area contributed by atoms with Crippen LogP contribution in [-0.4, -0.2) is 44.9 Å². The highest BCUT2D eigenvalue weighted by molar-refractivity contribution is 14.0. The number of nitrogens with one attached hydrogen (secondary N) is 2. The molecule has 2 unspecified atom stereocenters. The maximum Gasteiger partial charge on any atom is 0.269 e. The highest BCUT2D eigenvalue weighted by atomic mass is 127. The van der Waals surface area contributed by atoms with Gasteiger partial charge in [-0.3, -0.25) is 10.1 Å². The summed E-state index contributed by atoms with van der Waals surface area (Å²) in [5, 5.41) is 17.7. The molecule has 1 fully saturated rings. The van der Waals surface area contributed by atoms with Crippen LogP contribution in [0.4, 0.5) is 5.69 Å². The molecule has 3 rings (SSSR count). The van der Waals surface area contributed by atoms with Crippen molar-refractivity contribution in [2.75, 3.05) is 34.0 Å². The van der Waals surface area contributed by atoms with Gasteiger partial charge in [-0.05, 0) is 37.1 Å². The molecule has 0 aliphatic carbocycles. The Morgan fingerprint density at radius 1 is 1.24 bits per heavy atom. The minimum Gasteiger partial charge on any atom is -0.497 e. The average Bonchev–Trinajstić information content (AvgIpc) is 3.34. The van der Waals surface area contributed by atoms with Crippen molar-refractivity contribution < 1.29 is 19.1 Å². The fourth-order valence-electron chi connectivity index (χ4n) is 3.49. The van der Waals surface area contributed by atoms with Crippen LogP contribution in [0.5, 0.6) is 11.5 Å². The molecule has 2 aromatic carbocycles. The molecule has 0 saturated carbocycles. The van der Waals surface area contributed by atoms with Gasteiger partial charge in [-0.25, -0.2) is 4.99 Å². The van der Waals surface area contributed by atoms with E-state index in [0.29, 0.717) is 18.4 Å². The normalized spacial score (nSPS) is 16.5. The van der Waals surface area contributed by atoms with Gasteiger partial charge in [0, 0.05) is 36.8 Å². The first-order valence-electron chi connectivity index (χ1n) is 10.6. The zero-order chi connectivity index (χ0) is 22.9. The van der Waals surface area contributed by atoms with Crippen LogP contribution in [0.1, 0.15) is 30.5 Å². The van der Waals surface area contributed by atoms with E-state index in [4.69, 9.17) is 19.2 Å². The van der Waals surface area contributed by atoms with Crippen LogP contribution in [0.25, 0.3) is 0 Å². The standard InChI is InChI=1S/C23H30N4O5.HI/c1-16(21-12-20(30-2)8-9-22(21)31-3)26-23(25-14-18-10-11-32-15-18)24-13-17-4-6-19(7-5-17)27(28)29;/h4-9,12,16,18H,10-11,13-15H2,1-3H3,(H2,24,25,26);1H. The van der Waals surface area contributed by atoms with Crippen LogP contribution in [0.2, 0.25) is 0 Å². The number of benzene rings is 2. The average molecular weight is 570 g/mol. The molecule has 0 spiro atoms. The van der Waals surface area contributed by atoms with Gasteiger partial charge < -0.3 is 24.8 Å². The monoisotopic (exact) mass is 570 g/mol. The fraction of sp³-hybridized carbons (Fsp3) is 0.435. The predicted molar refractivity (Wildman–Crippen MR) is 138 cm³/mol. The minimum atomic E-state index is -0.408. The number of hydrogen-bond acceptors (Lipinski definition) is 6. The molecule has 0 aromatic heterocycles. The summed E-state index contributed by atoms with van der Waals surface area (Å²) in [6, 6.07) is 12.0. The smallest absolute Gasteiger partial charge is 0.269 e. The number of non-ortho nitro benzene ring substituents is 1. The summed E-state index contributed by atoms with van der Waals surface area (Å²) in [6.07, 6.45) is 1.02. The largest absolute Gasteiger partial charge is 0.497 e. The molecular weight excluding hydrogens is 539 g/mol. The summed E-state index contributed by atoms with van der Waals surface area (Å²) >= 11 is 0. The van der Waals surface area contributed by atoms with Gasteiger partial charge in [0.25, 0.3) is 5.69 Å². The van der Waals surface area contributed by atoms with Crippen molar-refractivity contribution >= 4 is 35.6 Å². The molecule has 33 heavy (non-hydrogen) atoms.